The van der Waals surface area contributed by atoms with Crippen LogP contribution >= 0.6 is 0 Å². The molecular formula is C16H18N2O3. The van der Waals surface area contributed by atoms with Crippen LogP contribution in [0.3, 0.4) is 0 Å². The first-order chi connectivity index (χ1) is 10.3. The van der Waals surface area contributed by atoms with Gasteiger partial charge in [0.1, 0.15) is 0 Å². The predicted molar refractivity (Wildman–Crippen MR) is 78.1 cm³/mol. The number of hydrogen-bond donors (Lipinski definition) is 1. The molecule has 1 aromatic carbocycles. The maximum atomic E-state index is 10.8. The second-order valence-corrected chi connectivity index (χ2v) is 5.24. The van der Waals surface area contributed by atoms with Gasteiger partial charge >= 0.3 is 5.97 Å². The van der Waals surface area contributed by atoms with Crippen LogP contribution in [0, 0.1) is 0 Å². The van der Waals surface area contributed by atoms with Crippen LogP contribution in [0.15, 0.2) is 36.7 Å². The first-order valence-corrected chi connectivity index (χ1v) is 7.15. The summed E-state index contributed by atoms with van der Waals surface area (Å²) in [6.45, 7) is 1.88. The number of aliphatic carboxylic acids is 1. The van der Waals surface area contributed by atoms with Gasteiger partial charge in [0.15, 0.2) is 0 Å². The van der Waals surface area contributed by atoms with Gasteiger partial charge < -0.3 is 14.4 Å². The van der Waals surface area contributed by atoms with Gasteiger partial charge in [-0.3, -0.25) is 4.79 Å². The lowest BCUT2D eigenvalue weighted by molar-refractivity contribution is -0.137. The molecule has 1 aliphatic rings. The molecule has 1 aliphatic heterocycles. The third-order valence-electron chi connectivity index (χ3n) is 3.81. The van der Waals surface area contributed by atoms with Gasteiger partial charge in [-0.15, -0.1) is 0 Å². The normalized spacial score (nSPS) is 18.0. The molecule has 5 heteroatoms. The summed E-state index contributed by atoms with van der Waals surface area (Å²) in [6, 6.07) is 10.0. The van der Waals surface area contributed by atoms with Crippen molar-refractivity contribution >= 4 is 5.97 Å². The Morgan fingerprint density at radius 3 is 2.86 bits per heavy atom. The molecule has 0 aliphatic carbocycles. The fourth-order valence-corrected chi connectivity index (χ4v) is 2.78. The molecular weight excluding hydrogens is 268 g/mol. The molecule has 0 bridgehead atoms. The molecule has 21 heavy (non-hydrogen) atoms. The van der Waals surface area contributed by atoms with E-state index in [0.717, 1.165) is 30.0 Å². The third kappa shape index (κ3) is 2.97. The van der Waals surface area contributed by atoms with E-state index in [-0.39, 0.29) is 12.3 Å². The van der Waals surface area contributed by atoms with Crippen LogP contribution in [0.2, 0.25) is 0 Å². The van der Waals surface area contributed by atoms with Gasteiger partial charge in [0.2, 0.25) is 0 Å². The second kappa shape index (κ2) is 6.10. The molecule has 1 N–H and O–H groups in total. The number of carboxylic acids is 1. The molecule has 0 radical (unpaired) electrons. The summed E-state index contributed by atoms with van der Waals surface area (Å²) in [6.07, 6.45) is 2.81. The highest BCUT2D eigenvalue weighted by Crippen LogP contribution is 2.33. The lowest BCUT2D eigenvalue weighted by Crippen LogP contribution is -2.11. The van der Waals surface area contributed by atoms with Crippen LogP contribution < -0.4 is 0 Å². The standard InChI is InChI=1S/C16H18N2O3/c19-14(20)6-8-18-11-17-15(12-4-2-1-3-5-12)16(18)13-7-9-21-10-13/h1-5,11,13H,6-10H2,(H,19,20)/t13-/m0/s1. The molecule has 1 saturated heterocycles. The molecule has 1 aromatic heterocycles. The van der Waals surface area contributed by atoms with Gasteiger partial charge in [-0.1, -0.05) is 30.3 Å². The van der Waals surface area contributed by atoms with Crippen LogP contribution in [-0.2, 0) is 16.1 Å². The molecule has 3 rings (SSSR count). The van der Waals surface area contributed by atoms with E-state index >= 15 is 0 Å². The first-order valence-electron chi connectivity index (χ1n) is 7.15. The Kier molecular flexibility index (Phi) is 4.01. The molecule has 0 spiro atoms. The predicted octanol–water partition coefficient (Wildman–Crippen LogP) is 2.53. The summed E-state index contributed by atoms with van der Waals surface area (Å²) in [5.41, 5.74) is 3.10. The number of benzene rings is 1. The Labute approximate surface area is 123 Å². The lowest BCUT2D eigenvalue weighted by atomic mass is 9.99. The molecule has 0 unspecified atom stereocenters. The Hall–Kier alpha value is -2.14. The van der Waals surface area contributed by atoms with E-state index in [1.165, 1.54) is 0 Å². The summed E-state index contributed by atoms with van der Waals surface area (Å²) in [5, 5.41) is 8.90. The summed E-state index contributed by atoms with van der Waals surface area (Å²) in [5.74, 6) is -0.505. The summed E-state index contributed by atoms with van der Waals surface area (Å²) < 4.78 is 7.46. The Bertz CT molecular complexity index is 616. The second-order valence-electron chi connectivity index (χ2n) is 5.24. The van der Waals surface area contributed by atoms with E-state index < -0.39 is 5.97 Å². The number of aryl methyl sites for hydroxylation is 1. The van der Waals surface area contributed by atoms with Crippen molar-refractivity contribution in [2.75, 3.05) is 13.2 Å². The van der Waals surface area contributed by atoms with E-state index in [2.05, 4.69) is 4.98 Å². The third-order valence-corrected chi connectivity index (χ3v) is 3.81. The summed E-state index contributed by atoms with van der Waals surface area (Å²) >= 11 is 0. The van der Waals surface area contributed by atoms with Crippen LogP contribution in [-0.4, -0.2) is 33.8 Å². The van der Waals surface area contributed by atoms with E-state index in [0.29, 0.717) is 13.2 Å². The van der Waals surface area contributed by atoms with Crippen LogP contribution in [0.1, 0.15) is 24.5 Å². The minimum absolute atomic E-state index is 0.102. The maximum absolute atomic E-state index is 10.8. The number of carbonyl (C=O) groups is 1. The van der Waals surface area contributed by atoms with Crippen molar-refractivity contribution < 1.29 is 14.6 Å². The van der Waals surface area contributed by atoms with Crippen LogP contribution in [0.25, 0.3) is 11.3 Å². The number of rotatable bonds is 5. The summed E-state index contributed by atoms with van der Waals surface area (Å²) in [4.78, 5) is 15.3. The number of imidazole rings is 1. The average Bonchev–Trinajstić information content (AvgIpc) is 3.15. The van der Waals surface area contributed by atoms with Gasteiger partial charge in [-0.2, -0.15) is 0 Å². The van der Waals surface area contributed by atoms with Crippen LogP contribution in [0.5, 0.6) is 0 Å². The Morgan fingerprint density at radius 2 is 2.19 bits per heavy atom. The molecule has 2 aromatic rings. The monoisotopic (exact) mass is 286 g/mol. The van der Waals surface area contributed by atoms with E-state index in [4.69, 9.17) is 9.84 Å². The van der Waals surface area contributed by atoms with Crippen molar-refractivity contribution in [1.29, 1.82) is 0 Å². The average molecular weight is 286 g/mol. The Morgan fingerprint density at radius 1 is 1.38 bits per heavy atom. The number of carboxylic acid groups (broad SMARTS) is 1. The van der Waals surface area contributed by atoms with Crippen molar-refractivity contribution in [2.45, 2.75) is 25.3 Å². The fourth-order valence-electron chi connectivity index (χ4n) is 2.78. The van der Waals surface area contributed by atoms with Gasteiger partial charge in [0, 0.05) is 24.6 Å². The molecule has 0 saturated carbocycles. The number of aromatic nitrogens is 2. The van der Waals surface area contributed by atoms with Crippen molar-refractivity contribution in [2.24, 2.45) is 0 Å². The van der Waals surface area contributed by atoms with Gasteiger partial charge in [0.05, 0.1) is 30.7 Å². The minimum Gasteiger partial charge on any atom is -0.481 e. The highest BCUT2D eigenvalue weighted by Gasteiger charge is 2.25. The van der Waals surface area contributed by atoms with Gasteiger partial charge in [0.25, 0.3) is 0 Å². The zero-order chi connectivity index (χ0) is 14.7. The number of ether oxygens (including phenoxy) is 1. The van der Waals surface area contributed by atoms with E-state index in [1.807, 2.05) is 34.9 Å². The first kappa shape index (κ1) is 13.8. The lowest BCUT2D eigenvalue weighted by Gasteiger charge is -2.14. The summed E-state index contributed by atoms with van der Waals surface area (Å²) in [7, 11) is 0. The highest BCUT2D eigenvalue weighted by molar-refractivity contribution is 5.67. The van der Waals surface area contributed by atoms with Crippen molar-refractivity contribution in [3.8, 4) is 11.3 Å². The van der Waals surface area contributed by atoms with E-state index in [9.17, 15) is 4.79 Å². The van der Waals surface area contributed by atoms with Gasteiger partial charge in [-0.25, -0.2) is 4.98 Å². The van der Waals surface area contributed by atoms with Gasteiger partial charge in [-0.05, 0) is 6.42 Å². The largest absolute Gasteiger partial charge is 0.481 e. The number of nitrogens with zero attached hydrogens (tertiary/aromatic N) is 2. The SMILES string of the molecule is O=C(O)CCn1cnc(-c2ccccc2)c1[C@H]1CCOC1. The van der Waals surface area contributed by atoms with Crippen molar-refractivity contribution in [3.05, 3.63) is 42.4 Å². The smallest absolute Gasteiger partial charge is 0.305 e. The molecule has 5 nitrogen and oxygen atoms in total. The quantitative estimate of drug-likeness (QED) is 0.917. The zero-order valence-electron chi connectivity index (χ0n) is 11.7. The minimum atomic E-state index is -0.793. The van der Waals surface area contributed by atoms with Crippen LogP contribution in [0.4, 0.5) is 0 Å². The van der Waals surface area contributed by atoms with E-state index in [1.54, 1.807) is 6.33 Å². The van der Waals surface area contributed by atoms with Crippen molar-refractivity contribution in [3.63, 3.8) is 0 Å². The fraction of sp³-hybridized carbons (Fsp3) is 0.375. The number of hydrogen-bond acceptors (Lipinski definition) is 3. The molecule has 1 fully saturated rings. The molecule has 1 atom stereocenters. The topological polar surface area (TPSA) is 64.3 Å². The Balaban J connectivity index is 1.97. The molecule has 2 heterocycles. The zero-order valence-corrected chi connectivity index (χ0v) is 11.7. The van der Waals surface area contributed by atoms with Crippen molar-refractivity contribution in [1.82, 2.24) is 9.55 Å². The molecule has 0 amide bonds. The maximum Gasteiger partial charge on any atom is 0.305 e. The molecule has 110 valence electrons. The highest BCUT2D eigenvalue weighted by atomic mass is 16.5.